The Hall–Kier alpha value is -0.890. The summed E-state index contributed by atoms with van der Waals surface area (Å²) < 4.78 is 12.8. The van der Waals surface area contributed by atoms with E-state index in [2.05, 4.69) is 12.2 Å². The SMILES string of the molecule is CCC(NC)c1cccc(F)c1. The standard InChI is InChI=1S/C10H14FN/c1-3-10(12-2)8-5-4-6-9(11)7-8/h4-7,10,12H,3H2,1-2H3. The Kier molecular flexibility index (Phi) is 3.23. The molecule has 1 unspecified atom stereocenters. The molecule has 66 valence electrons. The van der Waals surface area contributed by atoms with Crippen LogP contribution in [0.2, 0.25) is 0 Å². The molecule has 0 saturated carbocycles. The van der Waals surface area contributed by atoms with Crippen molar-refractivity contribution < 1.29 is 4.39 Å². The van der Waals surface area contributed by atoms with Crippen LogP contribution in [-0.2, 0) is 0 Å². The summed E-state index contributed by atoms with van der Waals surface area (Å²) in [5, 5.41) is 3.13. The van der Waals surface area contributed by atoms with Gasteiger partial charge in [-0.3, -0.25) is 0 Å². The molecule has 1 aromatic rings. The molecule has 0 aliphatic heterocycles. The van der Waals surface area contributed by atoms with E-state index in [-0.39, 0.29) is 11.9 Å². The number of hydrogen-bond acceptors (Lipinski definition) is 1. The molecule has 1 rings (SSSR count). The third-order valence-electron chi connectivity index (χ3n) is 2.01. The van der Waals surface area contributed by atoms with Crippen molar-refractivity contribution in [3.8, 4) is 0 Å². The minimum Gasteiger partial charge on any atom is -0.313 e. The number of nitrogens with one attached hydrogen (secondary N) is 1. The highest BCUT2D eigenvalue weighted by Gasteiger charge is 2.05. The van der Waals surface area contributed by atoms with E-state index in [0.29, 0.717) is 0 Å². The largest absolute Gasteiger partial charge is 0.313 e. The number of halogens is 1. The maximum absolute atomic E-state index is 12.8. The summed E-state index contributed by atoms with van der Waals surface area (Å²) >= 11 is 0. The fourth-order valence-corrected chi connectivity index (χ4v) is 1.33. The molecule has 1 atom stereocenters. The van der Waals surface area contributed by atoms with E-state index in [1.165, 1.54) is 6.07 Å². The van der Waals surface area contributed by atoms with Gasteiger partial charge in [-0.05, 0) is 31.2 Å². The minimum absolute atomic E-state index is 0.166. The van der Waals surface area contributed by atoms with E-state index in [1.54, 1.807) is 12.1 Å². The van der Waals surface area contributed by atoms with E-state index >= 15 is 0 Å². The van der Waals surface area contributed by atoms with E-state index in [4.69, 9.17) is 0 Å². The van der Waals surface area contributed by atoms with Gasteiger partial charge in [0.05, 0.1) is 0 Å². The van der Waals surface area contributed by atoms with Crippen LogP contribution in [0.15, 0.2) is 24.3 Å². The highest BCUT2D eigenvalue weighted by molar-refractivity contribution is 5.19. The Bertz CT molecular complexity index is 243. The summed E-state index contributed by atoms with van der Waals surface area (Å²) in [6.07, 6.45) is 0.972. The van der Waals surface area contributed by atoms with Crippen molar-refractivity contribution in [2.75, 3.05) is 7.05 Å². The maximum Gasteiger partial charge on any atom is 0.123 e. The zero-order valence-corrected chi connectivity index (χ0v) is 7.47. The van der Waals surface area contributed by atoms with Gasteiger partial charge in [0.15, 0.2) is 0 Å². The van der Waals surface area contributed by atoms with Gasteiger partial charge in [0.1, 0.15) is 5.82 Å². The van der Waals surface area contributed by atoms with Crippen molar-refractivity contribution >= 4 is 0 Å². The van der Waals surface area contributed by atoms with E-state index < -0.39 is 0 Å². The molecule has 0 fully saturated rings. The summed E-state index contributed by atoms with van der Waals surface area (Å²) in [5.41, 5.74) is 1.01. The van der Waals surface area contributed by atoms with Gasteiger partial charge in [0, 0.05) is 6.04 Å². The zero-order chi connectivity index (χ0) is 8.97. The fraction of sp³-hybridized carbons (Fsp3) is 0.400. The number of hydrogen-bond donors (Lipinski definition) is 1. The molecule has 2 heteroatoms. The average Bonchev–Trinajstić information content (AvgIpc) is 2.07. The highest BCUT2D eigenvalue weighted by Crippen LogP contribution is 2.16. The van der Waals surface area contributed by atoms with Crippen molar-refractivity contribution in [1.82, 2.24) is 5.32 Å². The maximum atomic E-state index is 12.8. The van der Waals surface area contributed by atoms with Crippen molar-refractivity contribution in [3.05, 3.63) is 35.6 Å². The molecule has 0 aliphatic rings. The molecule has 0 aromatic heterocycles. The molecule has 0 heterocycles. The first kappa shape index (κ1) is 9.20. The number of rotatable bonds is 3. The smallest absolute Gasteiger partial charge is 0.123 e. The van der Waals surface area contributed by atoms with Crippen molar-refractivity contribution in [2.24, 2.45) is 0 Å². The van der Waals surface area contributed by atoms with E-state index in [1.807, 2.05) is 13.1 Å². The molecule has 0 amide bonds. The lowest BCUT2D eigenvalue weighted by molar-refractivity contribution is 0.565. The zero-order valence-electron chi connectivity index (χ0n) is 7.47. The molecule has 0 spiro atoms. The predicted molar refractivity (Wildman–Crippen MR) is 48.5 cm³/mol. The molecule has 0 saturated heterocycles. The van der Waals surface area contributed by atoms with E-state index in [9.17, 15) is 4.39 Å². The first-order valence-corrected chi connectivity index (χ1v) is 4.20. The molecule has 0 radical (unpaired) electrons. The molecule has 1 nitrogen and oxygen atoms in total. The van der Waals surface area contributed by atoms with E-state index in [0.717, 1.165) is 12.0 Å². The van der Waals surface area contributed by atoms with Crippen LogP contribution >= 0.6 is 0 Å². The molecule has 0 bridgehead atoms. The summed E-state index contributed by atoms with van der Waals surface area (Å²) in [7, 11) is 1.89. The second-order valence-corrected chi connectivity index (χ2v) is 2.80. The van der Waals surface area contributed by atoms with Crippen molar-refractivity contribution in [1.29, 1.82) is 0 Å². The van der Waals surface area contributed by atoms with Gasteiger partial charge in [-0.15, -0.1) is 0 Å². The molecular weight excluding hydrogens is 153 g/mol. The fourth-order valence-electron chi connectivity index (χ4n) is 1.33. The van der Waals surface area contributed by atoms with Crippen molar-refractivity contribution in [2.45, 2.75) is 19.4 Å². The monoisotopic (exact) mass is 167 g/mol. The Morgan fingerprint density at radius 2 is 2.25 bits per heavy atom. The molecule has 1 N–H and O–H groups in total. The minimum atomic E-state index is -0.166. The van der Waals surface area contributed by atoms with Crippen LogP contribution in [0.1, 0.15) is 24.9 Å². The van der Waals surface area contributed by atoms with Crippen LogP contribution in [0.3, 0.4) is 0 Å². The van der Waals surface area contributed by atoms with Crippen LogP contribution in [0.4, 0.5) is 4.39 Å². The third-order valence-corrected chi connectivity index (χ3v) is 2.01. The summed E-state index contributed by atoms with van der Waals surface area (Å²) in [5.74, 6) is -0.166. The van der Waals surface area contributed by atoms with Gasteiger partial charge in [0.2, 0.25) is 0 Å². The quantitative estimate of drug-likeness (QED) is 0.729. The lowest BCUT2D eigenvalue weighted by Crippen LogP contribution is -2.15. The van der Waals surface area contributed by atoms with Gasteiger partial charge >= 0.3 is 0 Å². The molecule has 0 aliphatic carbocycles. The van der Waals surface area contributed by atoms with Gasteiger partial charge in [0.25, 0.3) is 0 Å². The summed E-state index contributed by atoms with van der Waals surface area (Å²) in [6, 6.07) is 6.98. The molecular formula is C10H14FN. The normalized spacial score (nSPS) is 12.9. The van der Waals surface area contributed by atoms with Gasteiger partial charge in [-0.1, -0.05) is 19.1 Å². The summed E-state index contributed by atoms with van der Waals surface area (Å²) in [4.78, 5) is 0. The van der Waals surface area contributed by atoms with Crippen LogP contribution in [0, 0.1) is 5.82 Å². The number of benzene rings is 1. The Labute approximate surface area is 72.6 Å². The second kappa shape index (κ2) is 4.21. The van der Waals surface area contributed by atoms with Crippen molar-refractivity contribution in [3.63, 3.8) is 0 Å². The predicted octanol–water partition coefficient (Wildman–Crippen LogP) is 2.50. The van der Waals surface area contributed by atoms with Gasteiger partial charge in [-0.25, -0.2) is 4.39 Å². The third kappa shape index (κ3) is 2.05. The summed E-state index contributed by atoms with van der Waals surface area (Å²) in [6.45, 7) is 2.08. The van der Waals surface area contributed by atoms with Crippen LogP contribution in [-0.4, -0.2) is 7.05 Å². The van der Waals surface area contributed by atoms with Gasteiger partial charge < -0.3 is 5.32 Å². The molecule has 12 heavy (non-hydrogen) atoms. The topological polar surface area (TPSA) is 12.0 Å². The van der Waals surface area contributed by atoms with Crippen LogP contribution in [0.25, 0.3) is 0 Å². The van der Waals surface area contributed by atoms with Crippen LogP contribution < -0.4 is 5.32 Å². The lowest BCUT2D eigenvalue weighted by Gasteiger charge is -2.13. The Balaban J connectivity index is 2.85. The first-order chi connectivity index (χ1) is 5.77. The van der Waals surface area contributed by atoms with Crippen LogP contribution in [0.5, 0.6) is 0 Å². The highest BCUT2D eigenvalue weighted by atomic mass is 19.1. The molecule has 1 aromatic carbocycles. The van der Waals surface area contributed by atoms with Gasteiger partial charge in [-0.2, -0.15) is 0 Å². The Morgan fingerprint density at radius 1 is 1.50 bits per heavy atom. The lowest BCUT2D eigenvalue weighted by atomic mass is 10.1. The first-order valence-electron chi connectivity index (χ1n) is 4.20. The Morgan fingerprint density at radius 3 is 2.75 bits per heavy atom. The second-order valence-electron chi connectivity index (χ2n) is 2.80. The average molecular weight is 167 g/mol.